The molecule has 102 valence electrons. The molecule has 2 heterocycles. The number of rotatable bonds is 2. The zero-order valence-corrected chi connectivity index (χ0v) is 11.4. The molecule has 0 fully saturated rings. The van der Waals surface area contributed by atoms with E-state index < -0.39 is 0 Å². The molecule has 0 amide bonds. The summed E-state index contributed by atoms with van der Waals surface area (Å²) in [5.41, 5.74) is 7.16. The fourth-order valence-electron chi connectivity index (χ4n) is 1.93. The molecular weight excluding hydrogens is 280 g/mol. The monoisotopic (exact) mass is 290 g/mol. The number of nitrogens with two attached hydrogens (primary N) is 1. The molecule has 0 saturated carbocycles. The first kappa shape index (κ1) is 12.6. The van der Waals surface area contributed by atoms with Gasteiger partial charge in [-0.2, -0.15) is 5.10 Å². The zero-order valence-electron chi connectivity index (χ0n) is 10.6. The molecule has 20 heavy (non-hydrogen) atoms. The fourth-order valence-corrected chi connectivity index (χ4v) is 2.18. The van der Waals surface area contributed by atoms with E-state index in [1.807, 2.05) is 0 Å². The first-order valence-electron chi connectivity index (χ1n) is 5.85. The molecule has 0 atom stereocenters. The predicted molar refractivity (Wildman–Crippen MR) is 75.5 cm³/mol. The van der Waals surface area contributed by atoms with Gasteiger partial charge in [-0.1, -0.05) is 22.9 Å². The average Bonchev–Trinajstić information content (AvgIpc) is 2.78. The van der Waals surface area contributed by atoms with Crippen LogP contribution >= 0.6 is 11.6 Å². The van der Waals surface area contributed by atoms with Gasteiger partial charge in [0.2, 0.25) is 0 Å². The molecule has 0 radical (unpaired) electrons. The van der Waals surface area contributed by atoms with Crippen LogP contribution in [0.5, 0.6) is 0 Å². The van der Waals surface area contributed by atoms with Crippen LogP contribution in [-0.4, -0.2) is 24.8 Å². The van der Waals surface area contributed by atoms with E-state index in [2.05, 4.69) is 15.4 Å². The summed E-state index contributed by atoms with van der Waals surface area (Å²) < 4.78 is 2.76. The molecule has 0 bridgehead atoms. The van der Waals surface area contributed by atoms with Crippen molar-refractivity contribution >= 4 is 28.3 Å². The number of nitrogen functional groups attached to an aromatic ring is 1. The van der Waals surface area contributed by atoms with E-state index in [-0.39, 0.29) is 12.1 Å². The number of fused-ring (bicyclic) bond motifs is 1. The molecular formula is C12H11ClN6O. The first-order valence-corrected chi connectivity index (χ1v) is 6.23. The Morgan fingerprint density at radius 2 is 2.20 bits per heavy atom. The summed E-state index contributed by atoms with van der Waals surface area (Å²) in [5.74, 6) is 0. The molecule has 2 aromatic heterocycles. The molecule has 8 heteroatoms. The van der Waals surface area contributed by atoms with Crippen molar-refractivity contribution in [3.05, 3.63) is 45.3 Å². The van der Waals surface area contributed by atoms with Crippen molar-refractivity contribution in [1.29, 1.82) is 0 Å². The van der Waals surface area contributed by atoms with Crippen LogP contribution < -0.4 is 11.3 Å². The third-order valence-corrected chi connectivity index (χ3v) is 3.37. The average molecular weight is 291 g/mol. The Morgan fingerprint density at radius 1 is 1.40 bits per heavy atom. The topological polar surface area (TPSA) is 91.6 Å². The Hall–Kier alpha value is -2.41. The van der Waals surface area contributed by atoms with Crippen molar-refractivity contribution in [2.75, 3.05) is 5.73 Å². The van der Waals surface area contributed by atoms with Crippen LogP contribution in [0.25, 0.3) is 11.0 Å². The standard InChI is InChI=1S/C12H11ClN6O/c1-18-11-9(5-15-18)12(20)19(17-16-11)6-7-2-3-8(14)4-10(7)13/h2-5H,6,14H2,1H3. The molecule has 0 aliphatic heterocycles. The van der Waals surface area contributed by atoms with Crippen LogP contribution in [0.3, 0.4) is 0 Å². The minimum atomic E-state index is -0.254. The lowest BCUT2D eigenvalue weighted by Gasteiger charge is -2.06. The second kappa shape index (κ2) is 4.61. The third-order valence-electron chi connectivity index (χ3n) is 3.02. The van der Waals surface area contributed by atoms with Crippen molar-refractivity contribution in [3.8, 4) is 0 Å². The van der Waals surface area contributed by atoms with Crippen LogP contribution in [-0.2, 0) is 13.6 Å². The number of hydrogen-bond donors (Lipinski definition) is 1. The Morgan fingerprint density at radius 3 is 2.95 bits per heavy atom. The molecule has 3 aromatic rings. The maximum Gasteiger partial charge on any atom is 0.281 e. The van der Waals surface area contributed by atoms with E-state index >= 15 is 0 Å². The van der Waals surface area contributed by atoms with E-state index in [0.29, 0.717) is 21.7 Å². The second-order valence-corrected chi connectivity index (χ2v) is 4.82. The van der Waals surface area contributed by atoms with Crippen molar-refractivity contribution in [2.24, 2.45) is 7.05 Å². The van der Waals surface area contributed by atoms with E-state index in [1.54, 1.807) is 25.2 Å². The number of hydrogen-bond acceptors (Lipinski definition) is 5. The summed E-state index contributed by atoms with van der Waals surface area (Å²) in [6.45, 7) is 0.232. The lowest BCUT2D eigenvalue weighted by atomic mass is 10.2. The van der Waals surface area contributed by atoms with Gasteiger partial charge in [-0.05, 0) is 17.7 Å². The van der Waals surface area contributed by atoms with Crippen molar-refractivity contribution in [1.82, 2.24) is 24.8 Å². The Bertz CT molecular complexity index is 853. The fraction of sp³-hybridized carbons (Fsp3) is 0.167. The van der Waals surface area contributed by atoms with E-state index in [0.717, 1.165) is 5.56 Å². The van der Waals surface area contributed by atoms with Crippen LogP contribution in [0.15, 0.2) is 29.2 Å². The minimum absolute atomic E-state index is 0.232. The van der Waals surface area contributed by atoms with Gasteiger partial charge in [0.05, 0.1) is 12.7 Å². The summed E-state index contributed by atoms with van der Waals surface area (Å²) >= 11 is 6.09. The summed E-state index contributed by atoms with van der Waals surface area (Å²) in [6.07, 6.45) is 1.48. The molecule has 7 nitrogen and oxygen atoms in total. The molecule has 0 spiro atoms. The molecule has 0 aliphatic carbocycles. The maximum atomic E-state index is 12.3. The van der Waals surface area contributed by atoms with Crippen LogP contribution in [0, 0.1) is 0 Å². The number of benzene rings is 1. The van der Waals surface area contributed by atoms with E-state index in [9.17, 15) is 4.79 Å². The van der Waals surface area contributed by atoms with Gasteiger partial charge in [0, 0.05) is 17.8 Å². The lowest BCUT2D eigenvalue weighted by molar-refractivity contribution is 0.595. The number of anilines is 1. The highest BCUT2D eigenvalue weighted by Crippen LogP contribution is 2.19. The maximum absolute atomic E-state index is 12.3. The van der Waals surface area contributed by atoms with Gasteiger partial charge in [-0.3, -0.25) is 4.79 Å². The number of aromatic nitrogens is 5. The smallest absolute Gasteiger partial charge is 0.281 e. The summed E-state index contributed by atoms with van der Waals surface area (Å²) in [4.78, 5) is 12.3. The van der Waals surface area contributed by atoms with Crippen molar-refractivity contribution in [3.63, 3.8) is 0 Å². The van der Waals surface area contributed by atoms with Crippen LogP contribution in [0.4, 0.5) is 5.69 Å². The first-order chi connectivity index (χ1) is 9.56. The molecule has 0 unspecified atom stereocenters. The van der Waals surface area contributed by atoms with E-state index in [4.69, 9.17) is 17.3 Å². The van der Waals surface area contributed by atoms with E-state index in [1.165, 1.54) is 15.6 Å². The van der Waals surface area contributed by atoms with Gasteiger partial charge in [0.15, 0.2) is 5.65 Å². The highest BCUT2D eigenvalue weighted by molar-refractivity contribution is 6.31. The molecule has 3 rings (SSSR count). The third kappa shape index (κ3) is 2.01. The van der Waals surface area contributed by atoms with Gasteiger partial charge in [0.1, 0.15) is 5.39 Å². The van der Waals surface area contributed by atoms with Gasteiger partial charge in [-0.15, -0.1) is 5.10 Å². The van der Waals surface area contributed by atoms with Gasteiger partial charge >= 0.3 is 0 Å². The highest BCUT2D eigenvalue weighted by Gasteiger charge is 2.11. The summed E-state index contributed by atoms with van der Waals surface area (Å²) in [5, 5.41) is 12.8. The lowest BCUT2D eigenvalue weighted by Crippen LogP contribution is -2.24. The zero-order chi connectivity index (χ0) is 14.3. The number of halogens is 1. The number of nitrogens with zero attached hydrogens (tertiary/aromatic N) is 5. The quantitative estimate of drug-likeness (QED) is 0.705. The number of aryl methyl sites for hydroxylation is 1. The van der Waals surface area contributed by atoms with Crippen LogP contribution in [0.2, 0.25) is 5.02 Å². The van der Waals surface area contributed by atoms with Gasteiger partial charge in [-0.25, -0.2) is 9.36 Å². The van der Waals surface area contributed by atoms with Gasteiger partial charge < -0.3 is 5.73 Å². The highest BCUT2D eigenvalue weighted by atomic mass is 35.5. The Labute approximate surface area is 118 Å². The summed E-state index contributed by atoms with van der Waals surface area (Å²) in [7, 11) is 1.71. The molecule has 0 aliphatic rings. The SMILES string of the molecule is Cn1ncc2c(=O)n(Cc3ccc(N)cc3Cl)nnc21. The summed E-state index contributed by atoms with van der Waals surface area (Å²) in [6, 6.07) is 5.12. The Balaban J connectivity index is 2.07. The van der Waals surface area contributed by atoms with Crippen molar-refractivity contribution < 1.29 is 0 Å². The largest absolute Gasteiger partial charge is 0.399 e. The van der Waals surface area contributed by atoms with Gasteiger partial charge in [0.25, 0.3) is 5.56 Å². The molecule has 2 N–H and O–H groups in total. The molecule has 0 saturated heterocycles. The second-order valence-electron chi connectivity index (χ2n) is 4.41. The molecule has 1 aromatic carbocycles. The Kier molecular flexibility index (Phi) is 2.90. The predicted octanol–water partition coefficient (Wildman–Crippen LogP) is 0.809. The normalized spacial score (nSPS) is 11.1. The minimum Gasteiger partial charge on any atom is -0.399 e. The van der Waals surface area contributed by atoms with Crippen molar-refractivity contribution in [2.45, 2.75) is 6.54 Å². The van der Waals surface area contributed by atoms with Crippen LogP contribution in [0.1, 0.15) is 5.56 Å².